The molecule has 0 aromatic rings. The van der Waals surface area contributed by atoms with Gasteiger partial charge in [-0.05, 0) is 83.3 Å². The topological polar surface area (TPSA) is 53.7 Å². The van der Waals surface area contributed by atoms with Gasteiger partial charge in [0, 0.05) is 0 Å². The van der Waals surface area contributed by atoms with Crippen molar-refractivity contribution in [2.75, 3.05) is 6.54 Å². The molecule has 0 spiro atoms. The van der Waals surface area contributed by atoms with Crippen molar-refractivity contribution >= 4 is 33.8 Å². The van der Waals surface area contributed by atoms with Crippen molar-refractivity contribution in [2.45, 2.75) is 110 Å². The first kappa shape index (κ1) is 27.7. The summed E-state index contributed by atoms with van der Waals surface area (Å²) < 4.78 is 20.4. The second-order valence-electron chi connectivity index (χ2n) is 10.5. The quantitative estimate of drug-likeness (QED) is 0.292. The molecule has 0 amide bonds. The summed E-state index contributed by atoms with van der Waals surface area (Å²) in [5.74, 6) is 0.791. The van der Waals surface area contributed by atoms with Crippen LogP contribution in [0.2, 0.25) is 64.5 Å². The second-order valence-corrected chi connectivity index (χ2v) is 26.9. The monoisotopic (exact) mass is 451 g/mol. The van der Waals surface area contributed by atoms with Gasteiger partial charge >= 0.3 is 17.1 Å². The van der Waals surface area contributed by atoms with Crippen LogP contribution in [0.1, 0.15) is 46.0 Å². The molecule has 0 saturated carbocycles. The summed E-state index contributed by atoms with van der Waals surface area (Å²) >= 11 is 0. The van der Waals surface area contributed by atoms with E-state index < -0.39 is 33.8 Å². The van der Waals surface area contributed by atoms with Gasteiger partial charge in [0.15, 0.2) is 16.6 Å². The summed E-state index contributed by atoms with van der Waals surface area (Å²) in [6.07, 6.45) is 6.02. The van der Waals surface area contributed by atoms with Crippen molar-refractivity contribution in [2.24, 2.45) is 11.7 Å². The van der Waals surface area contributed by atoms with Gasteiger partial charge in [0.05, 0.1) is 0 Å². The summed E-state index contributed by atoms with van der Waals surface area (Å²) in [5.41, 5.74) is 5.82. The van der Waals surface area contributed by atoms with E-state index in [9.17, 15) is 0 Å². The van der Waals surface area contributed by atoms with Crippen LogP contribution in [-0.4, -0.2) is 40.3 Å². The molecule has 0 aliphatic rings. The molecule has 3 unspecified atom stereocenters. The number of hydrogen-bond acceptors (Lipinski definition) is 4. The normalized spacial score (nSPS) is 18.8. The molecule has 0 aromatic carbocycles. The zero-order valence-electron chi connectivity index (χ0n) is 20.0. The molecule has 8 heteroatoms. The summed E-state index contributed by atoms with van der Waals surface area (Å²) in [6, 6.07) is 2.04. The molecule has 0 rings (SSSR count). The SMILES string of the molecule is CCCC(C)CCC[Si](C)(O[Si](C)(C)C)O[Si](C)(CCCN)O[Si](C)(C)C. The molecule has 0 radical (unpaired) electrons. The van der Waals surface area contributed by atoms with Crippen molar-refractivity contribution in [1.29, 1.82) is 0 Å². The van der Waals surface area contributed by atoms with Gasteiger partial charge in [-0.3, -0.25) is 0 Å². The maximum atomic E-state index is 6.97. The zero-order valence-corrected chi connectivity index (χ0v) is 24.0. The third kappa shape index (κ3) is 14.3. The minimum absolute atomic E-state index is 0.697. The molecule has 27 heavy (non-hydrogen) atoms. The van der Waals surface area contributed by atoms with Crippen LogP contribution in [0.5, 0.6) is 0 Å². The van der Waals surface area contributed by atoms with E-state index in [1.807, 2.05) is 0 Å². The molecule has 0 heterocycles. The van der Waals surface area contributed by atoms with Crippen molar-refractivity contribution in [3.05, 3.63) is 0 Å². The maximum Gasteiger partial charge on any atom is 0.315 e. The Morgan fingerprint density at radius 3 is 1.52 bits per heavy atom. The van der Waals surface area contributed by atoms with E-state index in [0.29, 0.717) is 6.54 Å². The smallest absolute Gasteiger partial charge is 0.315 e. The highest BCUT2D eigenvalue weighted by Crippen LogP contribution is 2.31. The average Bonchev–Trinajstić information content (AvgIpc) is 2.40. The van der Waals surface area contributed by atoms with Crippen LogP contribution in [0, 0.1) is 5.92 Å². The standard InChI is InChI=1S/C19H49NO3Si4/c1-11-14-19(2)15-12-17-26(9,21-24(3,4)5)23-27(10,18-13-16-20)22-25(6,7)8/h19H,11-18,20H2,1-10H3. The molecule has 2 N–H and O–H groups in total. The van der Waals surface area contributed by atoms with Gasteiger partial charge in [-0.2, -0.15) is 0 Å². The Kier molecular flexibility index (Phi) is 12.1. The van der Waals surface area contributed by atoms with Crippen molar-refractivity contribution in [3.63, 3.8) is 0 Å². The van der Waals surface area contributed by atoms with Crippen LogP contribution in [-0.2, 0) is 12.3 Å². The van der Waals surface area contributed by atoms with Crippen molar-refractivity contribution in [1.82, 2.24) is 0 Å². The lowest BCUT2D eigenvalue weighted by Crippen LogP contribution is -2.58. The van der Waals surface area contributed by atoms with E-state index in [1.165, 1.54) is 25.7 Å². The molecule has 0 aliphatic heterocycles. The Hall–Kier alpha value is 0.708. The maximum absolute atomic E-state index is 6.97. The highest BCUT2D eigenvalue weighted by molar-refractivity contribution is 6.89. The summed E-state index contributed by atoms with van der Waals surface area (Å²) in [4.78, 5) is 0. The van der Waals surface area contributed by atoms with Crippen molar-refractivity contribution in [3.8, 4) is 0 Å². The minimum atomic E-state index is -2.29. The molecular weight excluding hydrogens is 403 g/mol. The molecule has 0 saturated heterocycles. The fraction of sp³-hybridized carbons (Fsp3) is 1.00. The Bertz CT molecular complexity index is 415. The van der Waals surface area contributed by atoms with Gasteiger partial charge in [-0.15, -0.1) is 0 Å². The summed E-state index contributed by atoms with van der Waals surface area (Å²) in [6.45, 7) is 23.5. The van der Waals surface area contributed by atoms with Crippen molar-refractivity contribution < 1.29 is 12.3 Å². The molecule has 3 atom stereocenters. The highest BCUT2D eigenvalue weighted by atomic mass is 28.5. The third-order valence-electron chi connectivity index (χ3n) is 4.42. The van der Waals surface area contributed by atoms with E-state index >= 15 is 0 Å². The van der Waals surface area contributed by atoms with Gasteiger partial charge in [0.2, 0.25) is 0 Å². The van der Waals surface area contributed by atoms with Crippen LogP contribution in [0.15, 0.2) is 0 Å². The first-order chi connectivity index (χ1) is 12.1. The van der Waals surface area contributed by atoms with E-state index in [0.717, 1.165) is 24.4 Å². The van der Waals surface area contributed by atoms with Crippen LogP contribution in [0.25, 0.3) is 0 Å². The van der Waals surface area contributed by atoms with Gasteiger partial charge < -0.3 is 18.1 Å². The Morgan fingerprint density at radius 2 is 1.15 bits per heavy atom. The molecule has 4 nitrogen and oxygen atoms in total. The van der Waals surface area contributed by atoms with Gasteiger partial charge in [0.25, 0.3) is 0 Å². The first-order valence-electron chi connectivity index (χ1n) is 10.9. The van der Waals surface area contributed by atoms with E-state index in [4.69, 9.17) is 18.1 Å². The lowest BCUT2D eigenvalue weighted by molar-refractivity contribution is 0.312. The van der Waals surface area contributed by atoms with Crippen LogP contribution >= 0.6 is 0 Å². The lowest BCUT2D eigenvalue weighted by Gasteiger charge is -2.43. The van der Waals surface area contributed by atoms with Crippen LogP contribution in [0.3, 0.4) is 0 Å². The average molecular weight is 452 g/mol. The van der Waals surface area contributed by atoms with E-state index in [-0.39, 0.29) is 0 Å². The molecule has 0 bridgehead atoms. The first-order valence-corrected chi connectivity index (χ1v) is 22.8. The van der Waals surface area contributed by atoms with Crippen LogP contribution in [0.4, 0.5) is 0 Å². The third-order valence-corrected chi connectivity index (χ3v) is 18.8. The number of hydrogen-bond donors (Lipinski definition) is 1. The minimum Gasteiger partial charge on any atom is -0.437 e. The molecule has 164 valence electrons. The fourth-order valence-electron chi connectivity index (χ4n) is 3.83. The predicted octanol–water partition coefficient (Wildman–Crippen LogP) is 6.42. The van der Waals surface area contributed by atoms with Crippen LogP contribution < -0.4 is 5.73 Å². The number of rotatable bonds is 15. The van der Waals surface area contributed by atoms with Gasteiger partial charge in [-0.25, -0.2) is 0 Å². The Morgan fingerprint density at radius 1 is 0.704 bits per heavy atom. The highest BCUT2D eigenvalue weighted by Gasteiger charge is 2.46. The fourth-order valence-corrected chi connectivity index (χ4v) is 22.3. The summed E-state index contributed by atoms with van der Waals surface area (Å²) in [5, 5.41) is 0. The number of nitrogens with two attached hydrogens (primary N) is 1. The Balaban J connectivity index is 5.30. The molecule has 0 fully saturated rings. The summed E-state index contributed by atoms with van der Waals surface area (Å²) in [7, 11) is -7.94. The second kappa shape index (κ2) is 11.8. The van der Waals surface area contributed by atoms with E-state index in [1.54, 1.807) is 0 Å². The molecule has 0 aromatic heterocycles. The van der Waals surface area contributed by atoms with Gasteiger partial charge in [-0.1, -0.05) is 39.5 Å². The zero-order chi connectivity index (χ0) is 21.4. The lowest BCUT2D eigenvalue weighted by atomic mass is 10.0. The largest absolute Gasteiger partial charge is 0.437 e. The Labute approximate surface area is 174 Å². The molecule has 0 aliphatic carbocycles. The van der Waals surface area contributed by atoms with E-state index in [2.05, 4.69) is 66.2 Å². The predicted molar refractivity (Wildman–Crippen MR) is 130 cm³/mol. The molecular formula is C19H49NO3Si4. The van der Waals surface area contributed by atoms with Gasteiger partial charge in [0.1, 0.15) is 0 Å².